The summed E-state index contributed by atoms with van der Waals surface area (Å²) in [4.78, 5) is 23.3. The number of nitrogens with one attached hydrogen (secondary N) is 1. The van der Waals surface area contributed by atoms with Gasteiger partial charge >= 0.3 is 12.1 Å². The first kappa shape index (κ1) is 17.3. The van der Waals surface area contributed by atoms with Gasteiger partial charge in [-0.3, -0.25) is 0 Å². The number of ether oxygens (including phenoxy) is 1. The van der Waals surface area contributed by atoms with Gasteiger partial charge in [0.1, 0.15) is 28.5 Å². The maximum Gasteiger partial charge on any atom is 0.412 e. The van der Waals surface area contributed by atoms with E-state index >= 15 is 0 Å². The van der Waals surface area contributed by atoms with Crippen LogP contribution in [0.1, 0.15) is 17.3 Å². The first-order chi connectivity index (χ1) is 12.4. The number of furan rings is 1. The van der Waals surface area contributed by atoms with Gasteiger partial charge < -0.3 is 25.3 Å². The number of primary amides is 1. The lowest BCUT2D eigenvalue weighted by molar-refractivity contribution is 0.0640. The zero-order valence-electron chi connectivity index (χ0n) is 13.7. The summed E-state index contributed by atoms with van der Waals surface area (Å²) in [7, 11) is 0. The van der Waals surface area contributed by atoms with Gasteiger partial charge in [0.15, 0.2) is 0 Å². The molecule has 1 heterocycles. The number of carbonyl (C=O) groups is 2. The minimum absolute atomic E-state index is 0.0688. The molecule has 0 unspecified atom stereocenters. The molecule has 2 aromatic carbocycles. The van der Waals surface area contributed by atoms with Crippen molar-refractivity contribution in [2.24, 2.45) is 5.73 Å². The highest BCUT2D eigenvalue weighted by Crippen LogP contribution is 2.39. The van der Waals surface area contributed by atoms with Crippen LogP contribution in [0.25, 0.3) is 22.3 Å². The molecule has 4 N–H and O–H groups in total. The third-order valence-corrected chi connectivity index (χ3v) is 3.68. The number of nitrogens with two attached hydrogens (primary N) is 1. The van der Waals surface area contributed by atoms with E-state index in [0.29, 0.717) is 17.8 Å². The van der Waals surface area contributed by atoms with E-state index in [1.165, 1.54) is 36.4 Å². The summed E-state index contributed by atoms with van der Waals surface area (Å²) >= 11 is 0. The molecule has 3 aromatic rings. The van der Waals surface area contributed by atoms with Crippen molar-refractivity contribution in [2.45, 2.75) is 6.92 Å². The second kappa shape index (κ2) is 6.75. The first-order valence-corrected chi connectivity index (χ1v) is 7.71. The molecular weight excluding hydrogens is 343 g/mol. The number of halogens is 1. The molecule has 1 aromatic heterocycles. The smallest absolute Gasteiger partial charge is 0.412 e. The summed E-state index contributed by atoms with van der Waals surface area (Å²) in [6.07, 6.45) is -1.28. The number of esters is 1. The average molecular weight is 358 g/mol. The van der Waals surface area contributed by atoms with Gasteiger partial charge in [-0.2, -0.15) is 0 Å². The molecular formula is C18H15FN2O5. The highest BCUT2D eigenvalue weighted by molar-refractivity contribution is 6.11. The van der Waals surface area contributed by atoms with E-state index < -0.39 is 17.9 Å². The molecule has 0 bridgehead atoms. The Morgan fingerprint density at radius 3 is 2.58 bits per heavy atom. The van der Waals surface area contributed by atoms with E-state index in [0.717, 1.165) is 0 Å². The number of fused-ring (bicyclic) bond motifs is 1. The van der Waals surface area contributed by atoms with Gasteiger partial charge in [0.05, 0.1) is 5.69 Å². The van der Waals surface area contributed by atoms with Crippen LogP contribution in [0, 0.1) is 5.82 Å². The second-order valence-electron chi connectivity index (χ2n) is 5.42. The maximum atomic E-state index is 13.2. The van der Waals surface area contributed by atoms with Crippen molar-refractivity contribution in [1.82, 2.24) is 0 Å². The van der Waals surface area contributed by atoms with E-state index in [1.807, 2.05) is 6.92 Å². The maximum absolute atomic E-state index is 13.2. The van der Waals surface area contributed by atoms with Crippen molar-refractivity contribution >= 4 is 28.7 Å². The molecule has 0 spiro atoms. The molecule has 0 saturated heterocycles. The number of amides is 1. The summed E-state index contributed by atoms with van der Waals surface area (Å²) in [6, 6.07) is 8.07. The third-order valence-electron chi connectivity index (χ3n) is 3.68. The van der Waals surface area contributed by atoms with E-state index in [4.69, 9.17) is 10.2 Å². The molecule has 7 nitrogen and oxygen atoms in total. The van der Waals surface area contributed by atoms with E-state index in [-0.39, 0.29) is 28.0 Å². The lowest BCUT2D eigenvalue weighted by Crippen LogP contribution is -2.18. The van der Waals surface area contributed by atoms with Crippen LogP contribution >= 0.6 is 0 Å². The Bertz CT molecular complexity index is 995. The highest BCUT2D eigenvalue weighted by Gasteiger charge is 2.26. The molecule has 0 aliphatic carbocycles. The average Bonchev–Trinajstić information content (AvgIpc) is 2.93. The van der Waals surface area contributed by atoms with Gasteiger partial charge in [-0.05, 0) is 37.3 Å². The Balaban J connectivity index is 2.25. The van der Waals surface area contributed by atoms with Crippen LogP contribution < -0.4 is 11.1 Å². The monoisotopic (exact) mass is 358 g/mol. The quantitative estimate of drug-likeness (QED) is 0.373. The van der Waals surface area contributed by atoms with Crippen molar-refractivity contribution < 1.29 is 28.2 Å². The predicted molar refractivity (Wildman–Crippen MR) is 92.4 cm³/mol. The zero-order valence-corrected chi connectivity index (χ0v) is 13.7. The second-order valence-corrected chi connectivity index (χ2v) is 5.42. The van der Waals surface area contributed by atoms with Crippen LogP contribution in [-0.2, 0) is 4.74 Å². The van der Waals surface area contributed by atoms with E-state index in [9.17, 15) is 19.1 Å². The number of phenols is 1. The molecule has 0 fully saturated rings. The van der Waals surface area contributed by atoms with Crippen molar-refractivity contribution in [2.75, 3.05) is 11.9 Å². The SMILES string of the molecule is CCNc1cc2oc(-c3ccc(F)cc3)c(C(=O)OC(N)=O)c2cc1O. The van der Waals surface area contributed by atoms with Crippen LogP contribution in [-0.4, -0.2) is 23.7 Å². The first-order valence-electron chi connectivity index (χ1n) is 7.71. The highest BCUT2D eigenvalue weighted by atomic mass is 19.1. The van der Waals surface area contributed by atoms with Crippen LogP contribution in [0.5, 0.6) is 5.75 Å². The minimum atomic E-state index is -1.28. The molecule has 1 amide bonds. The third kappa shape index (κ3) is 3.16. The number of phenolic OH excluding ortho intramolecular Hbond substituents is 1. The molecule has 8 heteroatoms. The normalized spacial score (nSPS) is 10.7. The Kier molecular flexibility index (Phi) is 4.49. The molecule has 134 valence electrons. The zero-order chi connectivity index (χ0) is 18.8. The van der Waals surface area contributed by atoms with Crippen LogP contribution in [0.4, 0.5) is 14.9 Å². The Hall–Kier alpha value is -3.55. The van der Waals surface area contributed by atoms with Gasteiger partial charge in [-0.25, -0.2) is 14.0 Å². The summed E-state index contributed by atoms with van der Waals surface area (Å²) in [6.45, 7) is 2.41. The van der Waals surface area contributed by atoms with Crippen LogP contribution in [0.3, 0.4) is 0 Å². The topological polar surface area (TPSA) is 115 Å². The number of anilines is 1. The largest absolute Gasteiger partial charge is 0.506 e. The number of carbonyl (C=O) groups excluding carboxylic acids is 2. The van der Waals surface area contributed by atoms with Gasteiger partial charge in [-0.1, -0.05) is 0 Å². The molecule has 0 saturated carbocycles. The lowest BCUT2D eigenvalue weighted by atomic mass is 10.0. The number of hydrogen-bond acceptors (Lipinski definition) is 6. The standard InChI is InChI=1S/C18H15FN2O5/c1-2-21-12-8-14-11(7-13(12)22)15(17(23)26-18(20)24)16(25-14)9-3-5-10(19)6-4-9/h3-8,21-22H,2H2,1H3,(H2,20,24). The molecule has 0 atom stereocenters. The fourth-order valence-corrected chi connectivity index (χ4v) is 2.61. The van der Waals surface area contributed by atoms with E-state index in [1.54, 1.807) is 0 Å². The fourth-order valence-electron chi connectivity index (χ4n) is 2.61. The lowest BCUT2D eigenvalue weighted by Gasteiger charge is -2.05. The Labute approximate surface area is 147 Å². The Morgan fingerprint density at radius 2 is 1.96 bits per heavy atom. The van der Waals surface area contributed by atoms with Gasteiger partial charge in [-0.15, -0.1) is 0 Å². The predicted octanol–water partition coefficient (Wildman–Crippen LogP) is 3.61. The van der Waals surface area contributed by atoms with Crippen molar-refractivity contribution in [3.63, 3.8) is 0 Å². The number of rotatable bonds is 4. The molecule has 3 rings (SSSR count). The molecule has 0 aliphatic rings. The van der Waals surface area contributed by atoms with Crippen molar-refractivity contribution in [1.29, 1.82) is 0 Å². The minimum Gasteiger partial charge on any atom is -0.506 e. The fraction of sp³-hybridized carbons (Fsp3) is 0.111. The summed E-state index contributed by atoms with van der Waals surface area (Å²) in [5.41, 5.74) is 5.91. The molecule has 0 aliphatic heterocycles. The number of benzene rings is 2. The van der Waals surface area contributed by atoms with Gasteiger partial charge in [0.25, 0.3) is 0 Å². The summed E-state index contributed by atoms with van der Waals surface area (Å²) < 4.78 is 23.4. The van der Waals surface area contributed by atoms with E-state index in [2.05, 4.69) is 10.1 Å². The van der Waals surface area contributed by atoms with Crippen LogP contribution in [0.2, 0.25) is 0 Å². The van der Waals surface area contributed by atoms with Gasteiger partial charge in [0, 0.05) is 23.6 Å². The summed E-state index contributed by atoms with van der Waals surface area (Å²) in [5.74, 6) is -1.54. The molecule has 26 heavy (non-hydrogen) atoms. The van der Waals surface area contributed by atoms with Crippen molar-refractivity contribution in [3.8, 4) is 17.1 Å². The summed E-state index contributed by atoms with van der Waals surface area (Å²) in [5, 5.41) is 13.3. The molecule has 0 radical (unpaired) electrons. The van der Waals surface area contributed by atoms with Crippen LogP contribution in [0.15, 0.2) is 40.8 Å². The Morgan fingerprint density at radius 1 is 1.27 bits per heavy atom. The number of aromatic hydroxyl groups is 1. The van der Waals surface area contributed by atoms with Gasteiger partial charge in [0.2, 0.25) is 0 Å². The van der Waals surface area contributed by atoms with Crippen molar-refractivity contribution in [3.05, 3.63) is 47.8 Å². The number of hydrogen-bond donors (Lipinski definition) is 3.